The van der Waals surface area contributed by atoms with Gasteiger partial charge in [-0.15, -0.1) is 0 Å². The summed E-state index contributed by atoms with van der Waals surface area (Å²) >= 11 is 0. The number of nitrogens with zero attached hydrogens (tertiary/aromatic N) is 1. The number of carbonyl (C=O) groups excluding carboxylic acids is 1. The second kappa shape index (κ2) is 7.35. The standard InChI is InChI=1S/C23H21N3O4/c27-16-7-8-26(12-16)22(28)13-30-17-5-6-20-15(9-17)11-21(24-20)18-10-14-3-1-2-4-19(14)25-23(18)29/h1-6,9-11,16,24,27H,7-8,12-13H2,(H,25,29). The smallest absolute Gasteiger partial charge is 0.260 e. The minimum Gasteiger partial charge on any atom is -0.484 e. The summed E-state index contributed by atoms with van der Waals surface area (Å²) in [5.41, 5.74) is 2.80. The van der Waals surface area contributed by atoms with Crippen molar-refractivity contribution in [2.45, 2.75) is 12.5 Å². The Labute approximate surface area is 171 Å². The molecule has 2 aromatic carbocycles. The van der Waals surface area contributed by atoms with E-state index in [1.807, 2.05) is 48.5 Å². The van der Waals surface area contributed by atoms with Gasteiger partial charge in [0.2, 0.25) is 0 Å². The SMILES string of the molecule is O=C(COc1ccc2[nH]c(-c3cc4ccccc4[nH]c3=O)cc2c1)N1CCC(O)C1. The zero-order valence-electron chi connectivity index (χ0n) is 16.2. The van der Waals surface area contributed by atoms with E-state index in [-0.39, 0.29) is 18.1 Å². The van der Waals surface area contributed by atoms with E-state index in [0.29, 0.717) is 30.8 Å². The van der Waals surface area contributed by atoms with Gasteiger partial charge in [0.15, 0.2) is 6.61 Å². The van der Waals surface area contributed by atoms with Gasteiger partial charge in [0.1, 0.15) is 5.75 Å². The van der Waals surface area contributed by atoms with Crippen LogP contribution in [0.25, 0.3) is 33.1 Å². The van der Waals surface area contributed by atoms with Gasteiger partial charge in [0, 0.05) is 29.5 Å². The zero-order chi connectivity index (χ0) is 20.7. The van der Waals surface area contributed by atoms with Crippen LogP contribution in [0.15, 0.2) is 59.4 Å². The molecule has 1 atom stereocenters. The summed E-state index contributed by atoms with van der Waals surface area (Å²) < 4.78 is 5.67. The zero-order valence-corrected chi connectivity index (χ0v) is 16.2. The lowest BCUT2D eigenvalue weighted by molar-refractivity contribution is -0.132. The summed E-state index contributed by atoms with van der Waals surface area (Å²) in [6, 6.07) is 16.9. The normalized spacial score (nSPS) is 16.4. The molecule has 1 unspecified atom stereocenters. The second-order valence-electron chi connectivity index (χ2n) is 7.60. The molecule has 3 heterocycles. The predicted molar refractivity (Wildman–Crippen MR) is 115 cm³/mol. The minimum atomic E-state index is -0.443. The third-order valence-electron chi connectivity index (χ3n) is 5.51. The van der Waals surface area contributed by atoms with Gasteiger partial charge < -0.3 is 24.7 Å². The number of H-pyrrole nitrogens is 2. The third kappa shape index (κ3) is 3.44. The van der Waals surface area contributed by atoms with Crippen LogP contribution < -0.4 is 10.3 Å². The first-order valence-corrected chi connectivity index (χ1v) is 9.91. The van der Waals surface area contributed by atoms with Crippen molar-refractivity contribution in [3.05, 3.63) is 65.0 Å². The lowest BCUT2D eigenvalue weighted by atomic mass is 10.1. The highest BCUT2D eigenvalue weighted by molar-refractivity contribution is 5.89. The molecule has 1 aliphatic heterocycles. The molecule has 1 saturated heterocycles. The van der Waals surface area contributed by atoms with Gasteiger partial charge >= 0.3 is 0 Å². The number of aromatic nitrogens is 2. The molecule has 2 aromatic heterocycles. The number of hydrogen-bond acceptors (Lipinski definition) is 4. The van der Waals surface area contributed by atoms with Crippen LogP contribution in [0.1, 0.15) is 6.42 Å². The number of likely N-dealkylation sites (tertiary alicyclic amines) is 1. The van der Waals surface area contributed by atoms with Crippen molar-refractivity contribution in [3.8, 4) is 17.0 Å². The highest BCUT2D eigenvalue weighted by Gasteiger charge is 2.24. The van der Waals surface area contributed by atoms with Crippen molar-refractivity contribution >= 4 is 27.7 Å². The van der Waals surface area contributed by atoms with E-state index < -0.39 is 6.10 Å². The number of carbonyl (C=O) groups is 1. The fraction of sp³-hybridized carbons (Fsp3) is 0.217. The van der Waals surface area contributed by atoms with Gasteiger partial charge in [-0.3, -0.25) is 9.59 Å². The van der Waals surface area contributed by atoms with Gasteiger partial charge in [0.05, 0.1) is 17.4 Å². The maximum absolute atomic E-state index is 12.5. The first kappa shape index (κ1) is 18.4. The number of aliphatic hydroxyl groups is 1. The number of benzene rings is 2. The van der Waals surface area contributed by atoms with Crippen molar-refractivity contribution in [1.29, 1.82) is 0 Å². The molecule has 1 aliphatic rings. The number of rotatable bonds is 4. The lowest BCUT2D eigenvalue weighted by Gasteiger charge is -2.15. The van der Waals surface area contributed by atoms with Crippen LogP contribution in [0, 0.1) is 0 Å². The van der Waals surface area contributed by atoms with E-state index in [2.05, 4.69) is 9.97 Å². The van der Waals surface area contributed by atoms with Crippen LogP contribution in [0.3, 0.4) is 0 Å². The van der Waals surface area contributed by atoms with Gasteiger partial charge in [-0.1, -0.05) is 18.2 Å². The number of nitrogens with one attached hydrogen (secondary N) is 2. The average Bonchev–Trinajstić information content (AvgIpc) is 3.37. The first-order valence-electron chi connectivity index (χ1n) is 9.91. The monoisotopic (exact) mass is 403 g/mol. The Morgan fingerprint density at radius 2 is 1.90 bits per heavy atom. The Morgan fingerprint density at radius 1 is 1.07 bits per heavy atom. The van der Waals surface area contributed by atoms with Crippen molar-refractivity contribution in [2.75, 3.05) is 19.7 Å². The number of aromatic amines is 2. The molecule has 5 rings (SSSR count). The Balaban J connectivity index is 1.38. The van der Waals surface area contributed by atoms with Gasteiger partial charge in [-0.2, -0.15) is 0 Å². The minimum absolute atomic E-state index is 0.0696. The third-order valence-corrected chi connectivity index (χ3v) is 5.51. The number of fused-ring (bicyclic) bond motifs is 2. The van der Waals surface area contributed by atoms with Gasteiger partial charge in [0.25, 0.3) is 11.5 Å². The summed E-state index contributed by atoms with van der Waals surface area (Å²) in [4.78, 5) is 32.6. The molecule has 0 bridgehead atoms. The number of para-hydroxylation sites is 1. The number of ether oxygens (including phenoxy) is 1. The van der Waals surface area contributed by atoms with Crippen molar-refractivity contribution in [1.82, 2.24) is 14.9 Å². The van der Waals surface area contributed by atoms with E-state index in [1.54, 1.807) is 11.0 Å². The quantitative estimate of drug-likeness (QED) is 0.488. The molecule has 7 heteroatoms. The van der Waals surface area contributed by atoms with Crippen molar-refractivity contribution in [3.63, 3.8) is 0 Å². The van der Waals surface area contributed by atoms with E-state index in [0.717, 1.165) is 27.5 Å². The van der Waals surface area contributed by atoms with Crippen LogP contribution in [-0.4, -0.2) is 51.7 Å². The molecule has 30 heavy (non-hydrogen) atoms. The van der Waals surface area contributed by atoms with E-state index in [1.165, 1.54) is 0 Å². The number of β-amino-alcohol motifs (C(OH)–C–C–N with tert-alkyl or cyclic N) is 1. The molecular formula is C23H21N3O4. The van der Waals surface area contributed by atoms with E-state index in [9.17, 15) is 14.7 Å². The fourth-order valence-electron chi connectivity index (χ4n) is 3.90. The number of pyridine rings is 1. The summed E-state index contributed by atoms with van der Waals surface area (Å²) in [5, 5.41) is 11.4. The Kier molecular flexibility index (Phi) is 4.52. The Hall–Kier alpha value is -3.58. The van der Waals surface area contributed by atoms with Crippen LogP contribution >= 0.6 is 0 Å². The molecule has 0 spiro atoms. The predicted octanol–water partition coefficient (Wildman–Crippen LogP) is 2.65. The molecule has 1 fully saturated rings. The summed E-state index contributed by atoms with van der Waals surface area (Å²) in [5.74, 6) is 0.442. The van der Waals surface area contributed by atoms with E-state index >= 15 is 0 Å². The molecule has 152 valence electrons. The second-order valence-corrected chi connectivity index (χ2v) is 7.60. The Morgan fingerprint density at radius 3 is 2.73 bits per heavy atom. The van der Waals surface area contributed by atoms with Crippen LogP contribution in [0.2, 0.25) is 0 Å². The number of amides is 1. The lowest BCUT2D eigenvalue weighted by Crippen LogP contribution is -2.33. The maximum atomic E-state index is 12.5. The van der Waals surface area contributed by atoms with Crippen LogP contribution in [-0.2, 0) is 4.79 Å². The summed E-state index contributed by atoms with van der Waals surface area (Å²) in [6.45, 7) is 0.854. The molecule has 1 amide bonds. The molecule has 7 nitrogen and oxygen atoms in total. The highest BCUT2D eigenvalue weighted by Crippen LogP contribution is 2.27. The van der Waals surface area contributed by atoms with Crippen LogP contribution in [0.5, 0.6) is 5.75 Å². The topological polar surface area (TPSA) is 98.4 Å². The van der Waals surface area contributed by atoms with Crippen molar-refractivity contribution in [2.24, 2.45) is 0 Å². The molecule has 0 aliphatic carbocycles. The fourth-order valence-corrected chi connectivity index (χ4v) is 3.90. The molecule has 0 radical (unpaired) electrons. The summed E-state index contributed by atoms with van der Waals surface area (Å²) in [6.07, 6.45) is 0.166. The number of aliphatic hydroxyl groups excluding tert-OH is 1. The highest BCUT2D eigenvalue weighted by atomic mass is 16.5. The molecule has 4 aromatic rings. The van der Waals surface area contributed by atoms with E-state index in [4.69, 9.17) is 4.74 Å². The maximum Gasteiger partial charge on any atom is 0.260 e. The Bertz CT molecular complexity index is 1310. The van der Waals surface area contributed by atoms with Crippen LogP contribution in [0.4, 0.5) is 0 Å². The van der Waals surface area contributed by atoms with Crippen molar-refractivity contribution < 1.29 is 14.6 Å². The molecule has 0 saturated carbocycles. The molecule has 3 N–H and O–H groups in total. The average molecular weight is 403 g/mol. The number of hydrogen-bond donors (Lipinski definition) is 3. The largest absolute Gasteiger partial charge is 0.484 e. The first-order chi connectivity index (χ1) is 14.6. The van der Waals surface area contributed by atoms with Gasteiger partial charge in [-0.05, 0) is 48.2 Å². The summed E-state index contributed by atoms with van der Waals surface area (Å²) in [7, 11) is 0. The van der Waals surface area contributed by atoms with Gasteiger partial charge in [-0.25, -0.2) is 0 Å². The molecular weight excluding hydrogens is 382 g/mol.